The molecule has 0 radical (unpaired) electrons. The molecule has 0 saturated heterocycles. The van der Waals surface area contributed by atoms with Gasteiger partial charge in [-0.1, -0.05) is 29.9 Å². The molecule has 0 aromatic rings. The van der Waals surface area contributed by atoms with Crippen molar-refractivity contribution in [1.82, 2.24) is 0 Å². The number of allylic oxidation sites excluding steroid dienone is 6. The normalized spacial score (nSPS) is 30.8. The molecular weight excluding hydrogens is 196 g/mol. The Kier molecular flexibility index (Phi) is 3.76. The van der Waals surface area contributed by atoms with Crippen LogP contribution in [0.2, 0.25) is 0 Å². The van der Waals surface area contributed by atoms with Crippen LogP contribution in [0.4, 0.5) is 0 Å². The lowest BCUT2D eigenvalue weighted by Gasteiger charge is -2.18. The van der Waals surface area contributed by atoms with E-state index in [4.69, 9.17) is 0 Å². The van der Waals surface area contributed by atoms with E-state index < -0.39 is 0 Å². The van der Waals surface area contributed by atoms with Crippen LogP contribution in [0.15, 0.2) is 36.0 Å². The predicted octanol–water partition coefficient (Wildman–Crippen LogP) is 3.82. The minimum atomic E-state index is 0.148. The van der Waals surface area contributed by atoms with Gasteiger partial charge < -0.3 is 0 Å². The lowest BCUT2D eigenvalue weighted by molar-refractivity contribution is -0.117. The van der Waals surface area contributed by atoms with E-state index in [2.05, 4.69) is 24.3 Å². The molecule has 2 atom stereocenters. The van der Waals surface area contributed by atoms with Crippen molar-refractivity contribution in [3.05, 3.63) is 36.0 Å². The zero-order valence-electron chi connectivity index (χ0n) is 9.99. The van der Waals surface area contributed by atoms with Gasteiger partial charge in [-0.3, -0.25) is 4.79 Å². The summed E-state index contributed by atoms with van der Waals surface area (Å²) in [6.07, 6.45) is 16.4. The zero-order chi connectivity index (χ0) is 11.4. The molecule has 16 heavy (non-hydrogen) atoms. The molecule has 0 aromatic heterocycles. The van der Waals surface area contributed by atoms with Crippen LogP contribution in [0.25, 0.3) is 0 Å². The van der Waals surface area contributed by atoms with Gasteiger partial charge in [0.25, 0.3) is 0 Å². The molecule has 2 rings (SSSR count). The average molecular weight is 216 g/mol. The summed E-state index contributed by atoms with van der Waals surface area (Å²) < 4.78 is 0. The first-order valence-electron chi connectivity index (χ1n) is 6.30. The highest BCUT2D eigenvalue weighted by Gasteiger charge is 2.18. The van der Waals surface area contributed by atoms with E-state index in [0.29, 0.717) is 11.7 Å². The summed E-state index contributed by atoms with van der Waals surface area (Å²) in [6.45, 7) is 2.05. The molecule has 2 aliphatic carbocycles. The van der Waals surface area contributed by atoms with E-state index in [1.54, 1.807) is 0 Å². The van der Waals surface area contributed by atoms with Gasteiger partial charge in [0.1, 0.15) is 0 Å². The summed E-state index contributed by atoms with van der Waals surface area (Å²) >= 11 is 0. The van der Waals surface area contributed by atoms with Gasteiger partial charge in [0.05, 0.1) is 0 Å². The SMILES string of the molecule is CC1=CC(=O)C(/C=C/C2CC=CCC2)CC1. The third-order valence-corrected chi connectivity index (χ3v) is 3.53. The van der Waals surface area contributed by atoms with Crippen molar-refractivity contribution in [2.75, 3.05) is 0 Å². The van der Waals surface area contributed by atoms with Gasteiger partial charge in [0.15, 0.2) is 5.78 Å². The molecule has 0 aromatic carbocycles. The van der Waals surface area contributed by atoms with Crippen LogP contribution >= 0.6 is 0 Å². The second-order valence-electron chi connectivity index (χ2n) is 4.97. The average Bonchev–Trinajstić information content (AvgIpc) is 2.29. The van der Waals surface area contributed by atoms with Gasteiger partial charge in [0, 0.05) is 5.92 Å². The van der Waals surface area contributed by atoms with E-state index in [9.17, 15) is 4.79 Å². The summed E-state index contributed by atoms with van der Waals surface area (Å²) in [4.78, 5) is 11.7. The molecule has 0 N–H and O–H groups in total. The van der Waals surface area contributed by atoms with Gasteiger partial charge in [-0.2, -0.15) is 0 Å². The first kappa shape index (κ1) is 11.4. The molecule has 0 spiro atoms. The van der Waals surface area contributed by atoms with Crippen LogP contribution in [-0.2, 0) is 4.79 Å². The molecule has 1 heteroatoms. The molecule has 0 amide bonds. The Balaban J connectivity index is 1.92. The van der Waals surface area contributed by atoms with Crippen LogP contribution in [0.5, 0.6) is 0 Å². The molecule has 0 aliphatic heterocycles. The first-order valence-corrected chi connectivity index (χ1v) is 6.30. The van der Waals surface area contributed by atoms with E-state index in [-0.39, 0.29) is 5.92 Å². The van der Waals surface area contributed by atoms with Gasteiger partial charge >= 0.3 is 0 Å². The second kappa shape index (κ2) is 5.29. The van der Waals surface area contributed by atoms with Crippen LogP contribution in [0, 0.1) is 11.8 Å². The monoisotopic (exact) mass is 216 g/mol. The van der Waals surface area contributed by atoms with Gasteiger partial charge in [0.2, 0.25) is 0 Å². The maximum absolute atomic E-state index is 11.7. The smallest absolute Gasteiger partial charge is 0.162 e. The largest absolute Gasteiger partial charge is 0.294 e. The van der Waals surface area contributed by atoms with E-state index >= 15 is 0 Å². The van der Waals surface area contributed by atoms with Crippen molar-refractivity contribution in [2.45, 2.75) is 39.0 Å². The number of rotatable bonds is 2. The predicted molar refractivity (Wildman–Crippen MR) is 67.1 cm³/mol. The quantitative estimate of drug-likeness (QED) is 0.641. The van der Waals surface area contributed by atoms with E-state index in [1.165, 1.54) is 18.4 Å². The molecule has 0 heterocycles. The van der Waals surface area contributed by atoms with Crippen LogP contribution in [0.1, 0.15) is 39.0 Å². The number of ketones is 1. The lowest BCUT2D eigenvalue weighted by atomic mass is 9.86. The van der Waals surface area contributed by atoms with Crippen molar-refractivity contribution in [2.24, 2.45) is 11.8 Å². The number of hydrogen-bond donors (Lipinski definition) is 0. The van der Waals surface area contributed by atoms with Gasteiger partial charge in [-0.25, -0.2) is 0 Å². The molecule has 2 aliphatic rings. The Hall–Kier alpha value is -1.11. The molecule has 2 unspecified atom stereocenters. The Morgan fingerprint density at radius 2 is 2.12 bits per heavy atom. The van der Waals surface area contributed by atoms with Crippen molar-refractivity contribution >= 4 is 5.78 Å². The highest BCUT2D eigenvalue weighted by Crippen LogP contribution is 2.24. The van der Waals surface area contributed by atoms with Crippen molar-refractivity contribution in [1.29, 1.82) is 0 Å². The molecule has 0 bridgehead atoms. The maximum Gasteiger partial charge on any atom is 0.162 e. The summed E-state index contributed by atoms with van der Waals surface area (Å²) in [7, 11) is 0. The third kappa shape index (κ3) is 2.94. The summed E-state index contributed by atoms with van der Waals surface area (Å²) in [5, 5.41) is 0. The molecule has 0 fully saturated rings. The highest BCUT2D eigenvalue weighted by molar-refractivity contribution is 5.94. The highest BCUT2D eigenvalue weighted by atomic mass is 16.1. The van der Waals surface area contributed by atoms with Crippen molar-refractivity contribution < 1.29 is 4.79 Å². The van der Waals surface area contributed by atoms with E-state index in [0.717, 1.165) is 19.3 Å². The Bertz CT molecular complexity index is 346. The number of carbonyl (C=O) groups excluding carboxylic acids is 1. The minimum absolute atomic E-state index is 0.148. The number of hydrogen-bond acceptors (Lipinski definition) is 1. The van der Waals surface area contributed by atoms with Crippen molar-refractivity contribution in [3.8, 4) is 0 Å². The zero-order valence-corrected chi connectivity index (χ0v) is 9.99. The van der Waals surface area contributed by atoms with Gasteiger partial charge in [-0.05, 0) is 51.0 Å². The molecule has 0 saturated carbocycles. The van der Waals surface area contributed by atoms with Crippen LogP contribution < -0.4 is 0 Å². The number of carbonyl (C=O) groups is 1. The fourth-order valence-electron chi connectivity index (χ4n) is 2.42. The maximum atomic E-state index is 11.7. The summed E-state index contributed by atoms with van der Waals surface area (Å²) in [5.41, 5.74) is 1.23. The van der Waals surface area contributed by atoms with Crippen LogP contribution in [0.3, 0.4) is 0 Å². The topological polar surface area (TPSA) is 17.1 Å². The summed E-state index contributed by atoms with van der Waals surface area (Å²) in [5.74, 6) is 1.10. The van der Waals surface area contributed by atoms with Gasteiger partial charge in [-0.15, -0.1) is 0 Å². The standard InChI is InChI=1S/C15H20O/c1-12-7-9-14(15(16)11-12)10-8-13-5-3-2-4-6-13/h2-3,8,10-11,13-14H,4-7,9H2,1H3/b10-8+. The molecule has 86 valence electrons. The Morgan fingerprint density at radius 3 is 2.81 bits per heavy atom. The Labute approximate surface area is 97.9 Å². The van der Waals surface area contributed by atoms with E-state index in [1.807, 2.05) is 13.0 Å². The lowest BCUT2D eigenvalue weighted by Crippen LogP contribution is -2.15. The molecular formula is C15H20O. The first-order chi connectivity index (χ1) is 7.75. The fraction of sp³-hybridized carbons (Fsp3) is 0.533. The molecule has 1 nitrogen and oxygen atoms in total. The van der Waals surface area contributed by atoms with Crippen LogP contribution in [-0.4, -0.2) is 5.78 Å². The third-order valence-electron chi connectivity index (χ3n) is 3.53. The fourth-order valence-corrected chi connectivity index (χ4v) is 2.42. The second-order valence-corrected chi connectivity index (χ2v) is 4.97. The minimum Gasteiger partial charge on any atom is -0.294 e. The Morgan fingerprint density at radius 1 is 1.25 bits per heavy atom. The van der Waals surface area contributed by atoms with Crippen molar-refractivity contribution in [3.63, 3.8) is 0 Å². The summed E-state index contributed by atoms with van der Waals surface area (Å²) in [6, 6.07) is 0.